The number of amides is 1. The Hall–Kier alpha value is -1.37. The van der Waals surface area contributed by atoms with Gasteiger partial charge in [0.25, 0.3) is 0 Å². The van der Waals surface area contributed by atoms with Crippen molar-refractivity contribution in [1.29, 1.82) is 0 Å². The van der Waals surface area contributed by atoms with E-state index in [-0.39, 0.29) is 48.1 Å². The van der Waals surface area contributed by atoms with E-state index in [1.54, 1.807) is 12.1 Å². The molecule has 5 nitrogen and oxygen atoms in total. The zero-order chi connectivity index (χ0) is 14.8. The van der Waals surface area contributed by atoms with Crippen molar-refractivity contribution in [3.63, 3.8) is 0 Å². The number of fused-ring (bicyclic) bond motifs is 1. The summed E-state index contributed by atoms with van der Waals surface area (Å²) in [6, 6.07) is 4.18. The molecular weight excluding hydrogens is 311 g/mol. The molecule has 1 fully saturated rings. The molecule has 7 heteroatoms. The molecule has 0 bridgehead atoms. The van der Waals surface area contributed by atoms with Crippen LogP contribution in [0.5, 0.6) is 5.75 Å². The fourth-order valence-corrected chi connectivity index (χ4v) is 2.83. The topological polar surface area (TPSA) is 59.6 Å². The van der Waals surface area contributed by atoms with Crippen molar-refractivity contribution in [3.05, 3.63) is 29.6 Å². The lowest BCUT2D eigenvalue weighted by molar-refractivity contribution is -0.129. The third-order valence-corrected chi connectivity index (χ3v) is 3.94. The molecule has 0 unspecified atom stereocenters. The highest BCUT2D eigenvalue weighted by atomic mass is 35.5. The largest absolute Gasteiger partial charge is 0.490 e. The van der Waals surface area contributed by atoms with Crippen LogP contribution < -0.4 is 15.4 Å². The minimum absolute atomic E-state index is 0. The van der Waals surface area contributed by atoms with Crippen LogP contribution in [0.1, 0.15) is 24.9 Å². The number of nitrogens with one attached hydrogen (secondary N) is 2. The molecule has 2 aliphatic heterocycles. The van der Waals surface area contributed by atoms with Crippen molar-refractivity contribution in [1.82, 2.24) is 10.6 Å². The zero-order valence-corrected chi connectivity index (χ0v) is 13.1. The van der Waals surface area contributed by atoms with Gasteiger partial charge >= 0.3 is 0 Å². The van der Waals surface area contributed by atoms with Crippen LogP contribution in [0.3, 0.4) is 0 Å². The first-order chi connectivity index (χ1) is 10.2. The van der Waals surface area contributed by atoms with Gasteiger partial charge in [-0.05, 0) is 13.0 Å². The van der Waals surface area contributed by atoms with Crippen LogP contribution in [0.4, 0.5) is 4.39 Å². The van der Waals surface area contributed by atoms with Crippen LogP contribution in [-0.2, 0) is 9.53 Å². The maximum atomic E-state index is 13.7. The van der Waals surface area contributed by atoms with Crippen LogP contribution in [0.15, 0.2) is 18.2 Å². The number of hydrogen-bond donors (Lipinski definition) is 2. The van der Waals surface area contributed by atoms with Gasteiger partial charge in [0.05, 0.1) is 25.4 Å². The first-order valence-corrected chi connectivity index (χ1v) is 7.23. The molecule has 122 valence electrons. The van der Waals surface area contributed by atoms with Crippen molar-refractivity contribution < 1.29 is 18.7 Å². The van der Waals surface area contributed by atoms with Gasteiger partial charge in [-0.15, -0.1) is 12.4 Å². The molecule has 0 aromatic heterocycles. The van der Waals surface area contributed by atoms with Crippen LogP contribution in [0.2, 0.25) is 0 Å². The molecule has 22 heavy (non-hydrogen) atoms. The van der Waals surface area contributed by atoms with Crippen LogP contribution in [0, 0.1) is 5.82 Å². The summed E-state index contributed by atoms with van der Waals surface area (Å²) in [6.45, 7) is 3.52. The van der Waals surface area contributed by atoms with Gasteiger partial charge in [-0.2, -0.15) is 0 Å². The fraction of sp³-hybridized carbons (Fsp3) is 0.533. The Morgan fingerprint density at radius 3 is 3.00 bits per heavy atom. The summed E-state index contributed by atoms with van der Waals surface area (Å²) < 4.78 is 24.6. The SMILES string of the molecule is C[C@H]1OCCN[C@@H]1C(=O)N[C@@H]1CCOc2c(F)cccc21.Cl. The highest BCUT2D eigenvalue weighted by Crippen LogP contribution is 2.34. The summed E-state index contributed by atoms with van der Waals surface area (Å²) in [5.74, 6) is -0.266. The number of carbonyl (C=O) groups is 1. The molecule has 1 amide bonds. The maximum Gasteiger partial charge on any atom is 0.240 e. The number of halogens is 2. The van der Waals surface area contributed by atoms with E-state index in [2.05, 4.69) is 10.6 Å². The summed E-state index contributed by atoms with van der Waals surface area (Å²) in [6.07, 6.45) is 0.454. The van der Waals surface area contributed by atoms with Gasteiger partial charge in [0.2, 0.25) is 5.91 Å². The van der Waals surface area contributed by atoms with Crippen molar-refractivity contribution in [2.75, 3.05) is 19.8 Å². The molecule has 0 spiro atoms. The standard InChI is InChI=1S/C15H19FN2O3.ClH/c1-9-13(17-6-8-20-9)15(19)18-12-5-7-21-14-10(12)3-2-4-11(14)16;/h2-4,9,12-13,17H,5-8H2,1H3,(H,18,19);1H/t9-,12-,13+;/m1./s1. The molecule has 3 atom stereocenters. The fourth-order valence-electron chi connectivity index (χ4n) is 2.83. The maximum absolute atomic E-state index is 13.7. The molecule has 1 saturated heterocycles. The molecule has 3 rings (SSSR count). The first-order valence-electron chi connectivity index (χ1n) is 7.23. The Morgan fingerprint density at radius 1 is 1.41 bits per heavy atom. The average molecular weight is 331 g/mol. The smallest absolute Gasteiger partial charge is 0.240 e. The van der Waals surface area contributed by atoms with E-state index in [1.165, 1.54) is 6.07 Å². The van der Waals surface area contributed by atoms with Crippen molar-refractivity contribution in [2.24, 2.45) is 0 Å². The van der Waals surface area contributed by atoms with Crippen LogP contribution in [0.25, 0.3) is 0 Å². The Morgan fingerprint density at radius 2 is 2.23 bits per heavy atom. The third-order valence-electron chi connectivity index (χ3n) is 3.94. The first kappa shape index (κ1) is 17.0. The monoisotopic (exact) mass is 330 g/mol. The molecule has 2 heterocycles. The highest BCUT2D eigenvalue weighted by Gasteiger charge is 2.32. The summed E-state index contributed by atoms with van der Waals surface area (Å²) in [5.41, 5.74) is 0.694. The van der Waals surface area contributed by atoms with Crippen molar-refractivity contribution in [3.8, 4) is 5.75 Å². The van der Waals surface area contributed by atoms with Gasteiger partial charge in [-0.1, -0.05) is 12.1 Å². The number of para-hydroxylation sites is 1. The lowest BCUT2D eigenvalue weighted by atomic mass is 9.99. The predicted molar refractivity (Wildman–Crippen MR) is 81.8 cm³/mol. The van der Waals surface area contributed by atoms with Crippen molar-refractivity contribution >= 4 is 18.3 Å². The highest BCUT2D eigenvalue weighted by molar-refractivity contribution is 5.85. The van der Waals surface area contributed by atoms with Crippen LogP contribution in [-0.4, -0.2) is 37.8 Å². The quantitative estimate of drug-likeness (QED) is 0.864. The molecule has 0 saturated carbocycles. The molecule has 1 aromatic carbocycles. The van der Waals surface area contributed by atoms with E-state index in [1.807, 2.05) is 6.92 Å². The minimum Gasteiger partial charge on any atom is -0.490 e. The number of rotatable bonds is 2. The Labute approximate surface area is 135 Å². The van der Waals surface area contributed by atoms with E-state index >= 15 is 0 Å². The number of morpholine rings is 1. The second-order valence-electron chi connectivity index (χ2n) is 5.36. The Balaban J connectivity index is 0.00000176. The second kappa shape index (κ2) is 7.26. The van der Waals surface area contributed by atoms with E-state index in [0.29, 0.717) is 31.7 Å². The number of carbonyl (C=O) groups excluding carboxylic acids is 1. The summed E-state index contributed by atoms with van der Waals surface area (Å²) >= 11 is 0. The summed E-state index contributed by atoms with van der Waals surface area (Å²) in [5, 5.41) is 6.13. The summed E-state index contributed by atoms with van der Waals surface area (Å²) in [4.78, 5) is 12.4. The van der Waals surface area contributed by atoms with Gasteiger partial charge in [-0.25, -0.2) is 4.39 Å². The third kappa shape index (κ3) is 3.34. The number of ether oxygens (including phenoxy) is 2. The zero-order valence-electron chi connectivity index (χ0n) is 12.3. The van der Waals surface area contributed by atoms with Gasteiger partial charge in [0.1, 0.15) is 6.04 Å². The van der Waals surface area contributed by atoms with Crippen LogP contribution >= 0.6 is 12.4 Å². The van der Waals surface area contributed by atoms with E-state index < -0.39 is 0 Å². The van der Waals surface area contributed by atoms with Gasteiger partial charge in [0, 0.05) is 18.5 Å². The molecule has 0 radical (unpaired) electrons. The lowest BCUT2D eigenvalue weighted by Crippen LogP contribution is -2.56. The number of hydrogen-bond acceptors (Lipinski definition) is 4. The predicted octanol–water partition coefficient (Wildman–Crippen LogP) is 1.56. The van der Waals surface area contributed by atoms with Gasteiger partial charge in [-0.3, -0.25) is 4.79 Å². The Kier molecular flexibility index (Phi) is 5.61. The lowest BCUT2D eigenvalue weighted by Gasteiger charge is -2.32. The number of benzene rings is 1. The molecule has 0 aliphatic carbocycles. The van der Waals surface area contributed by atoms with E-state index in [0.717, 1.165) is 0 Å². The van der Waals surface area contributed by atoms with Gasteiger partial charge in [0.15, 0.2) is 11.6 Å². The minimum atomic E-state index is -0.390. The molecule has 2 N–H and O–H groups in total. The second-order valence-corrected chi connectivity index (χ2v) is 5.36. The molecule has 2 aliphatic rings. The van der Waals surface area contributed by atoms with Gasteiger partial charge < -0.3 is 20.1 Å². The Bertz CT molecular complexity index is 544. The molecule has 1 aromatic rings. The van der Waals surface area contributed by atoms with E-state index in [4.69, 9.17) is 9.47 Å². The average Bonchev–Trinajstić information content (AvgIpc) is 2.49. The normalized spacial score (nSPS) is 27.1. The molecular formula is C15H20ClFN2O3. The van der Waals surface area contributed by atoms with E-state index in [9.17, 15) is 9.18 Å². The van der Waals surface area contributed by atoms with Crippen molar-refractivity contribution in [2.45, 2.75) is 31.5 Å². The summed E-state index contributed by atoms with van der Waals surface area (Å²) in [7, 11) is 0.